The molecule has 0 aliphatic rings. The third-order valence-corrected chi connectivity index (χ3v) is 8.82. The normalized spacial score (nSPS) is 11.7. The summed E-state index contributed by atoms with van der Waals surface area (Å²) in [6.07, 6.45) is 0. The highest BCUT2D eigenvalue weighted by Crippen LogP contribution is 2.41. The van der Waals surface area contributed by atoms with Crippen molar-refractivity contribution in [2.24, 2.45) is 0 Å². The van der Waals surface area contributed by atoms with Crippen molar-refractivity contribution < 1.29 is 0 Å². The lowest BCUT2D eigenvalue weighted by molar-refractivity contribution is 1.18. The molecule has 0 fully saturated rings. The maximum absolute atomic E-state index is 2.38. The van der Waals surface area contributed by atoms with Crippen LogP contribution in [-0.2, 0) is 0 Å². The van der Waals surface area contributed by atoms with Gasteiger partial charge in [0.05, 0.1) is 11.0 Å². The van der Waals surface area contributed by atoms with Crippen LogP contribution >= 0.6 is 11.3 Å². The Hall–Kier alpha value is -4.66. The average Bonchev–Trinajstić information content (AvgIpc) is 3.53. The first-order valence-corrected chi connectivity index (χ1v) is 13.8. The molecule has 0 atom stereocenters. The van der Waals surface area contributed by atoms with Gasteiger partial charge in [-0.05, 0) is 58.7 Å². The Bertz CT molecular complexity index is 2130. The van der Waals surface area contributed by atoms with Crippen molar-refractivity contribution in [1.82, 2.24) is 4.57 Å². The van der Waals surface area contributed by atoms with Gasteiger partial charge in [0.25, 0.3) is 0 Å². The van der Waals surface area contributed by atoms with Gasteiger partial charge in [-0.15, -0.1) is 11.3 Å². The Balaban J connectivity index is 1.32. The van der Waals surface area contributed by atoms with Crippen LogP contribution in [0, 0.1) is 0 Å². The molecule has 6 aromatic carbocycles. The predicted molar refractivity (Wildman–Crippen MR) is 165 cm³/mol. The molecule has 0 aliphatic carbocycles. The van der Waals surface area contributed by atoms with Crippen molar-refractivity contribution in [3.8, 4) is 27.9 Å². The highest BCUT2D eigenvalue weighted by atomic mass is 32.1. The molecule has 0 N–H and O–H groups in total. The molecule has 8 aromatic rings. The van der Waals surface area contributed by atoms with Gasteiger partial charge in [0.2, 0.25) is 0 Å². The van der Waals surface area contributed by atoms with Gasteiger partial charge < -0.3 is 4.57 Å². The summed E-state index contributed by atoms with van der Waals surface area (Å²) in [6, 6.07) is 50.7. The van der Waals surface area contributed by atoms with E-state index >= 15 is 0 Å². The highest BCUT2D eigenvalue weighted by Gasteiger charge is 2.14. The third-order valence-electron chi connectivity index (χ3n) is 7.60. The Labute approximate surface area is 224 Å². The van der Waals surface area contributed by atoms with Crippen molar-refractivity contribution in [1.29, 1.82) is 0 Å². The molecule has 2 aromatic heterocycles. The lowest BCUT2D eigenvalue weighted by Crippen LogP contribution is -1.93. The SMILES string of the molecule is c1ccc(-n2c3ccccc3c3ccc(-c4cccc(-c5cccc6c5sc5ccccc56)c4)cc32)cc1. The summed E-state index contributed by atoms with van der Waals surface area (Å²) in [6.45, 7) is 0. The zero-order valence-electron chi connectivity index (χ0n) is 20.6. The first kappa shape index (κ1) is 21.4. The van der Waals surface area contributed by atoms with E-state index in [9.17, 15) is 0 Å². The smallest absolute Gasteiger partial charge is 0.0547 e. The van der Waals surface area contributed by atoms with Gasteiger partial charge in [-0.2, -0.15) is 0 Å². The fourth-order valence-electron chi connectivity index (χ4n) is 5.85. The van der Waals surface area contributed by atoms with Crippen LogP contribution in [0.2, 0.25) is 0 Å². The van der Waals surface area contributed by atoms with E-state index in [0.29, 0.717) is 0 Å². The second-order valence-corrected chi connectivity index (χ2v) is 10.8. The molecule has 0 aliphatic heterocycles. The van der Waals surface area contributed by atoms with Gasteiger partial charge in [0.1, 0.15) is 0 Å². The largest absolute Gasteiger partial charge is 0.309 e. The fourth-order valence-corrected chi connectivity index (χ4v) is 7.08. The van der Waals surface area contributed by atoms with Crippen LogP contribution in [0.1, 0.15) is 0 Å². The van der Waals surface area contributed by atoms with E-state index in [0.717, 1.165) is 0 Å². The number of thiophene rings is 1. The standard InChI is InChI=1S/C36H23NS/c1-2-12-27(13-3-1)37-33-18-6-4-14-29(33)30-21-20-25(23-34(30)37)24-10-8-11-26(22-24)28-16-9-17-32-31-15-5-7-19-35(31)38-36(28)32/h1-23H. The second-order valence-electron chi connectivity index (χ2n) is 9.78. The van der Waals surface area contributed by atoms with Crippen LogP contribution in [0.15, 0.2) is 140 Å². The summed E-state index contributed by atoms with van der Waals surface area (Å²) in [5, 5.41) is 5.23. The summed E-state index contributed by atoms with van der Waals surface area (Å²) in [5.41, 5.74) is 8.65. The molecule has 8 rings (SSSR count). The maximum atomic E-state index is 2.38. The number of fused-ring (bicyclic) bond motifs is 6. The number of benzene rings is 6. The van der Waals surface area contributed by atoms with Crippen molar-refractivity contribution >= 4 is 53.3 Å². The quantitative estimate of drug-likeness (QED) is 0.227. The lowest BCUT2D eigenvalue weighted by Gasteiger charge is -2.10. The summed E-state index contributed by atoms with van der Waals surface area (Å²) in [5.74, 6) is 0. The van der Waals surface area contributed by atoms with Crippen LogP contribution in [0.4, 0.5) is 0 Å². The van der Waals surface area contributed by atoms with Crippen molar-refractivity contribution in [3.63, 3.8) is 0 Å². The van der Waals surface area contributed by atoms with Crippen LogP contribution in [-0.4, -0.2) is 4.57 Å². The van der Waals surface area contributed by atoms with Gasteiger partial charge >= 0.3 is 0 Å². The molecule has 1 nitrogen and oxygen atoms in total. The van der Waals surface area contributed by atoms with Gasteiger partial charge in [0.15, 0.2) is 0 Å². The third kappa shape index (κ3) is 3.24. The molecule has 0 amide bonds. The molecule has 0 saturated heterocycles. The van der Waals surface area contributed by atoms with E-state index in [4.69, 9.17) is 0 Å². The number of nitrogens with zero attached hydrogens (tertiary/aromatic N) is 1. The highest BCUT2D eigenvalue weighted by molar-refractivity contribution is 7.26. The Morgan fingerprint density at radius 3 is 2.03 bits per heavy atom. The number of hydrogen-bond donors (Lipinski definition) is 0. The molecule has 178 valence electrons. The van der Waals surface area contributed by atoms with E-state index in [1.807, 2.05) is 11.3 Å². The minimum atomic E-state index is 1.18. The topological polar surface area (TPSA) is 4.93 Å². The summed E-state index contributed by atoms with van der Waals surface area (Å²) in [4.78, 5) is 0. The van der Waals surface area contributed by atoms with Crippen molar-refractivity contribution in [2.45, 2.75) is 0 Å². The van der Waals surface area contributed by atoms with E-state index < -0.39 is 0 Å². The minimum Gasteiger partial charge on any atom is -0.309 e. The van der Waals surface area contributed by atoms with Gasteiger partial charge in [-0.3, -0.25) is 0 Å². The minimum absolute atomic E-state index is 1.18. The first-order chi connectivity index (χ1) is 18.8. The summed E-state index contributed by atoms with van der Waals surface area (Å²) >= 11 is 1.89. The summed E-state index contributed by atoms with van der Waals surface area (Å²) < 4.78 is 5.08. The first-order valence-electron chi connectivity index (χ1n) is 12.9. The molecule has 0 saturated carbocycles. The molecule has 0 bridgehead atoms. The van der Waals surface area contributed by atoms with Crippen LogP contribution in [0.3, 0.4) is 0 Å². The molecular formula is C36H23NS. The fraction of sp³-hybridized carbons (Fsp3) is 0. The Kier molecular flexibility index (Phi) is 4.76. The van der Waals surface area contributed by atoms with Crippen LogP contribution in [0.5, 0.6) is 0 Å². The zero-order chi connectivity index (χ0) is 25.1. The van der Waals surface area contributed by atoms with Crippen LogP contribution in [0.25, 0.3) is 69.9 Å². The second kappa shape index (κ2) is 8.44. The molecule has 2 heteroatoms. The predicted octanol–water partition coefficient (Wildman–Crippen LogP) is 10.5. The van der Waals surface area contributed by atoms with E-state index in [1.165, 1.54) is 69.9 Å². The Morgan fingerprint density at radius 1 is 0.421 bits per heavy atom. The zero-order valence-corrected chi connectivity index (χ0v) is 21.5. The average molecular weight is 502 g/mol. The molecule has 2 heterocycles. The molecule has 0 spiro atoms. The van der Waals surface area contributed by atoms with E-state index in [1.54, 1.807) is 0 Å². The summed E-state index contributed by atoms with van der Waals surface area (Å²) in [7, 11) is 0. The van der Waals surface area contributed by atoms with Crippen LogP contribution < -0.4 is 0 Å². The van der Waals surface area contributed by atoms with Crippen molar-refractivity contribution in [3.05, 3.63) is 140 Å². The number of rotatable bonds is 3. The lowest BCUT2D eigenvalue weighted by atomic mass is 9.97. The number of para-hydroxylation sites is 2. The van der Waals surface area contributed by atoms with Gasteiger partial charge in [-0.25, -0.2) is 0 Å². The van der Waals surface area contributed by atoms with E-state index in [2.05, 4.69) is 144 Å². The van der Waals surface area contributed by atoms with Gasteiger partial charge in [0, 0.05) is 36.6 Å². The Morgan fingerprint density at radius 2 is 1.11 bits per heavy atom. The monoisotopic (exact) mass is 501 g/mol. The molecular weight excluding hydrogens is 478 g/mol. The molecule has 38 heavy (non-hydrogen) atoms. The van der Waals surface area contributed by atoms with E-state index in [-0.39, 0.29) is 0 Å². The van der Waals surface area contributed by atoms with Gasteiger partial charge in [-0.1, -0.05) is 103 Å². The number of hydrogen-bond acceptors (Lipinski definition) is 1. The maximum Gasteiger partial charge on any atom is 0.0547 e. The molecule has 0 radical (unpaired) electrons. The molecule has 0 unspecified atom stereocenters. The van der Waals surface area contributed by atoms with Crippen molar-refractivity contribution in [2.75, 3.05) is 0 Å². The number of aromatic nitrogens is 1.